The van der Waals surface area contributed by atoms with Crippen molar-refractivity contribution in [3.63, 3.8) is 0 Å². The molecule has 3 N–H and O–H groups in total. The van der Waals surface area contributed by atoms with Crippen molar-refractivity contribution in [2.75, 3.05) is 13.7 Å². The average molecular weight is 582 g/mol. The molecule has 10 heteroatoms. The van der Waals surface area contributed by atoms with Crippen molar-refractivity contribution in [2.45, 2.75) is 25.8 Å². The Kier molecular flexibility index (Phi) is 7.26. The number of halogens is 1. The zero-order valence-electron chi connectivity index (χ0n) is 23.0. The minimum Gasteiger partial charge on any atom is -0.504 e. The summed E-state index contributed by atoms with van der Waals surface area (Å²) < 4.78 is 7.47. The third kappa shape index (κ3) is 5.26. The number of ether oxygens (including phenoxy) is 1. The molecule has 42 heavy (non-hydrogen) atoms. The van der Waals surface area contributed by atoms with Crippen LogP contribution in [0.1, 0.15) is 40.8 Å². The van der Waals surface area contributed by atoms with Gasteiger partial charge >= 0.3 is 0 Å². The number of hydrogen-bond acceptors (Lipinski definition) is 7. The van der Waals surface area contributed by atoms with Gasteiger partial charge in [-0.1, -0.05) is 41.9 Å². The SMILES string of the molecule is COc1ccc2c(c1)C(c1ccc(Cl)cc1)=N[C@@H](CC(=O)NCCc1ccc3cc(O)c(O)cc3c1)c1nnc(C)n1-2. The maximum Gasteiger partial charge on any atom is 0.222 e. The van der Waals surface area contributed by atoms with Crippen molar-refractivity contribution in [1.82, 2.24) is 20.1 Å². The summed E-state index contributed by atoms with van der Waals surface area (Å²) in [5, 5.41) is 33.6. The van der Waals surface area contributed by atoms with Gasteiger partial charge in [-0.2, -0.15) is 0 Å². The van der Waals surface area contributed by atoms with E-state index in [1.54, 1.807) is 7.11 Å². The van der Waals surface area contributed by atoms with Crippen LogP contribution in [0, 0.1) is 6.92 Å². The number of carbonyl (C=O) groups excluding carboxylic acids is 1. The van der Waals surface area contributed by atoms with Crippen molar-refractivity contribution in [1.29, 1.82) is 0 Å². The van der Waals surface area contributed by atoms with E-state index in [1.807, 2.05) is 72.2 Å². The van der Waals surface area contributed by atoms with Crippen LogP contribution in [-0.4, -0.2) is 50.3 Å². The molecule has 2 heterocycles. The number of nitrogens with zero attached hydrogens (tertiary/aromatic N) is 4. The van der Waals surface area contributed by atoms with E-state index in [9.17, 15) is 15.0 Å². The van der Waals surface area contributed by atoms with E-state index in [0.717, 1.165) is 33.2 Å². The second-order valence-electron chi connectivity index (χ2n) is 10.2. The first kappa shape index (κ1) is 27.3. The molecule has 212 valence electrons. The summed E-state index contributed by atoms with van der Waals surface area (Å²) in [6.45, 7) is 2.29. The molecule has 6 rings (SSSR count). The van der Waals surface area contributed by atoms with Crippen LogP contribution in [0.3, 0.4) is 0 Å². The smallest absolute Gasteiger partial charge is 0.222 e. The Hall–Kier alpha value is -4.89. The first-order valence-electron chi connectivity index (χ1n) is 13.5. The number of benzene rings is 4. The van der Waals surface area contributed by atoms with Crippen LogP contribution < -0.4 is 10.1 Å². The Balaban J connectivity index is 1.27. The summed E-state index contributed by atoms with van der Waals surface area (Å²) >= 11 is 6.18. The van der Waals surface area contributed by atoms with Gasteiger partial charge in [-0.15, -0.1) is 10.2 Å². The highest BCUT2D eigenvalue weighted by molar-refractivity contribution is 6.30. The highest BCUT2D eigenvalue weighted by Gasteiger charge is 2.30. The van der Waals surface area contributed by atoms with E-state index < -0.39 is 6.04 Å². The number of aromatic nitrogens is 3. The summed E-state index contributed by atoms with van der Waals surface area (Å²) in [7, 11) is 1.62. The number of aryl methyl sites for hydroxylation is 1. The lowest BCUT2D eigenvalue weighted by molar-refractivity contribution is -0.121. The molecule has 0 aliphatic carbocycles. The minimum absolute atomic E-state index is 0.0746. The molecule has 0 radical (unpaired) electrons. The van der Waals surface area contributed by atoms with Gasteiger partial charge in [0.05, 0.1) is 24.9 Å². The Morgan fingerprint density at radius 1 is 0.976 bits per heavy atom. The molecule has 0 bridgehead atoms. The van der Waals surface area contributed by atoms with Gasteiger partial charge in [-0.3, -0.25) is 14.4 Å². The van der Waals surface area contributed by atoms with E-state index in [1.165, 1.54) is 12.1 Å². The summed E-state index contributed by atoms with van der Waals surface area (Å²) in [5.74, 6) is 1.45. The lowest BCUT2D eigenvalue weighted by atomic mass is 10.00. The van der Waals surface area contributed by atoms with E-state index in [2.05, 4.69) is 15.5 Å². The molecule has 9 nitrogen and oxygen atoms in total. The Labute approximate surface area is 247 Å². The zero-order chi connectivity index (χ0) is 29.4. The van der Waals surface area contributed by atoms with Gasteiger partial charge < -0.3 is 20.3 Å². The van der Waals surface area contributed by atoms with Gasteiger partial charge in [-0.25, -0.2) is 0 Å². The molecule has 1 aliphatic rings. The summed E-state index contributed by atoms with van der Waals surface area (Å²) in [6, 6.07) is 21.4. The number of nitrogens with one attached hydrogen (secondary N) is 1. The molecule has 1 aliphatic heterocycles. The third-order valence-electron chi connectivity index (χ3n) is 7.36. The summed E-state index contributed by atoms with van der Waals surface area (Å²) in [5.41, 5.74) is 4.23. The van der Waals surface area contributed by atoms with E-state index in [0.29, 0.717) is 41.1 Å². The second-order valence-corrected chi connectivity index (χ2v) is 10.6. The predicted octanol–water partition coefficient (Wildman–Crippen LogP) is 5.44. The highest BCUT2D eigenvalue weighted by atomic mass is 35.5. The average Bonchev–Trinajstić information content (AvgIpc) is 3.30. The molecule has 1 atom stereocenters. The number of rotatable bonds is 7. The number of aromatic hydroxyl groups is 2. The van der Waals surface area contributed by atoms with Crippen LogP contribution in [-0.2, 0) is 11.2 Å². The first-order valence-corrected chi connectivity index (χ1v) is 13.8. The maximum atomic E-state index is 13.2. The molecule has 5 aromatic rings. The monoisotopic (exact) mass is 581 g/mol. The second kappa shape index (κ2) is 11.2. The minimum atomic E-state index is -0.591. The molecule has 1 amide bonds. The zero-order valence-corrected chi connectivity index (χ0v) is 23.8. The Bertz CT molecular complexity index is 1850. The molecule has 0 unspecified atom stereocenters. The molecule has 1 aromatic heterocycles. The van der Waals surface area contributed by atoms with Gasteiger partial charge in [0.2, 0.25) is 5.91 Å². The fraction of sp³-hybridized carbons (Fsp3) is 0.188. The molecular weight excluding hydrogens is 554 g/mol. The number of phenols is 2. The Morgan fingerprint density at radius 2 is 1.74 bits per heavy atom. The van der Waals surface area contributed by atoms with Crippen molar-refractivity contribution in [2.24, 2.45) is 4.99 Å². The molecule has 0 saturated heterocycles. The van der Waals surface area contributed by atoms with Crippen molar-refractivity contribution in [3.05, 3.63) is 106 Å². The van der Waals surface area contributed by atoms with Gasteiger partial charge in [-0.05, 0) is 72.1 Å². The van der Waals surface area contributed by atoms with Gasteiger partial charge in [0.1, 0.15) is 17.6 Å². The summed E-state index contributed by atoms with van der Waals surface area (Å²) in [4.78, 5) is 18.3. The van der Waals surface area contributed by atoms with Crippen LogP contribution >= 0.6 is 11.6 Å². The molecule has 4 aromatic carbocycles. The Morgan fingerprint density at radius 3 is 2.50 bits per heavy atom. The molecule has 0 spiro atoms. The third-order valence-corrected chi connectivity index (χ3v) is 7.61. The molecule has 0 fully saturated rings. The normalized spacial score (nSPS) is 14.1. The highest BCUT2D eigenvalue weighted by Crippen LogP contribution is 2.35. The van der Waals surface area contributed by atoms with E-state index in [-0.39, 0.29) is 23.8 Å². The lowest BCUT2D eigenvalue weighted by Gasteiger charge is -2.14. The van der Waals surface area contributed by atoms with Crippen LogP contribution in [0.4, 0.5) is 0 Å². The van der Waals surface area contributed by atoms with E-state index in [4.69, 9.17) is 21.3 Å². The predicted molar refractivity (Wildman–Crippen MR) is 161 cm³/mol. The topological polar surface area (TPSA) is 122 Å². The van der Waals surface area contributed by atoms with Gasteiger partial charge in [0.25, 0.3) is 0 Å². The van der Waals surface area contributed by atoms with Gasteiger partial charge in [0, 0.05) is 22.7 Å². The molecule has 0 saturated carbocycles. The first-order chi connectivity index (χ1) is 20.3. The number of amides is 1. The maximum absolute atomic E-state index is 13.2. The van der Waals surface area contributed by atoms with Crippen LogP contribution in [0.25, 0.3) is 16.5 Å². The molecular formula is C32H28ClN5O4. The number of fused-ring (bicyclic) bond motifs is 4. The number of phenolic OH excluding ortho intramolecular Hbond substituents is 2. The van der Waals surface area contributed by atoms with Crippen molar-refractivity contribution >= 4 is 34.0 Å². The fourth-order valence-electron chi connectivity index (χ4n) is 5.25. The number of aliphatic imine (C=N–C) groups is 1. The fourth-order valence-corrected chi connectivity index (χ4v) is 5.38. The number of carbonyl (C=O) groups is 1. The van der Waals surface area contributed by atoms with Crippen molar-refractivity contribution in [3.8, 4) is 22.9 Å². The quantitative estimate of drug-likeness (QED) is 0.220. The van der Waals surface area contributed by atoms with Gasteiger partial charge in [0.15, 0.2) is 17.3 Å². The number of hydrogen-bond donors (Lipinski definition) is 3. The largest absolute Gasteiger partial charge is 0.504 e. The van der Waals surface area contributed by atoms with Crippen LogP contribution in [0.2, 0.25) is 5.02 Å². The van der Waals surface area contributed by atoms with Crippen LogP contribution in [0.5, 0.6) is 17.2 Å². The van der Waals surface area contributed by atoms with Crippen molar-refractivity contribution < 1.29 is 19.7 Å². The summed E-state index contributed by atoms with van der Waals surface area (Å²) in [6.07, 6.45) is 0.666. The van der Waals surface area contributed by atoms with Crippen LogP contribution in [0.15, 0.2) is 77.8 Å². The van der Waals surface area contributed by atoms with E-state index >= 15 is 0 Å². The number of methoxy groups -OCH3 is 1. The standard InChI is InChI=1S/C32H28ClN5O4/c1-18-36-37-32-26(17-30(41)34-12-11-19-3-4-21-14-28(39)29(40)15-22(21)13-19)35-31(20-5-7-23(33)8-6-20)25-16-24(42-2)9-10-27(25)38(18)32/h3-10,13-16,26,39-40H,11-12,17H2,1-2H3,(H,34,41)/t26-/m0/s1. The lowest BCUT2D eigenvalue weighted by Crippen LogP contribution is -2.27.